The van der Waals surface area contributed by atoms with Crippen molar-refractivity contribution in [3.05, 3.63) is 29.3 Å². The van der Waals surface area contributed by atoms with Gasteiger partial charge in [0.15, 0.2) is 0 Å². The third-order valence-electron chi connectivity index (χ3n) is 2.71. The maximum atomic E-state index is 13.7. The van der Waals surface area contributed by atoms with Gasteiger partial charge in [-0.3, -0.25) is 4.79 Å². The minimum Gasteiger partial charge on any atom is -0.508 e. The van der Waals surface area contributed by atoms with Gasteiger partial charge in [0.1, 0.15) is 11.4 Å². The number of hydrogen-bond acceptors (Lipinski definition) is 2. The molecule has 3 nitrogen and oxygen atoms in total. The van der Waals surface area contributed by atoms with Gasteiger partial charge in [-0.1, -0.05) is 13.0 Å². The van der Waals surface area contributed by atoms with Crippen molar-refractivity contribution in [2.24, 2.45) is 5.92 Å². The van der Waals surface area contributed by atoms with Gasteiger partial charge in [0.2, 0.25) is 0 Å². The molecule has 0 aliphatic carbocycles. The molecule has 4 heteroatoms. The standard InChI is InChI=1S/C13H17FO3/c1-8(12(16)17)6-9-7-10(13(2,3)14)4-5-11(9)15/h4-5,7-8,15H,6H2,1-3H3,(H,16,17). The van der Waals surface area contributed by atoms with Crippen LogP contribution in [0, 0.1) is 5.92 Å². The molecule has 0 heterocycles. The molecule has 0 aliphatic heterocycles. The van der Waals surface area contributed by atoms with E-state index < -0.39 is 17.6 Å². The van der Waals surface area contributed by atoms with Gasteiger partial charge in [0, 0.05) is 0 Å². The average molecular weight is 240 g/mol. The van der Waals surface area contributed by atoms with Gasteiger partial charge in [0.05, 0.1) is 5.92 Å². The largest absolute Gasteiger partial charge is 0.508 e. The smallest absolute Gasteiger partial charge is 0.306 e. The van der Waals surface area contributed by atoms with Crippen LogP contribution in [0.25, 0.3) is 0 Å². The van der Waals surface area contributed by atoms with Gasteiger partial charge in [0.25, 0.3) is 0 Å². The van der Waals surface area contributed by atoms with E-state index in [-0.39, 0.29) is 12.2 Å². The number of phenolic OH excluding ortho intramolecular Hbond substituents is 1. The first-order valence-electron chi connectivity index (χ1n) is 5.46. The first-order valence-corrected chi connectivity index (χ1v) is 5.46. The second kappa shape index (κ2) is 4.73. The van der Waals surface area contributed by atoms with Crippen LogP contribution in [-0.4, -0.2) is 16.2 Å². The highest BCUT2D eigenvalue weighted by Gasteiger charge is 2.21. The first kappa shape index (κ1) is 13.5. The van der Waals surface area contributed by atoms with E-state index in [0.29, 0.717) is 11.1 Å². The Morgan fingerprint density at radius 2 is 2.06 bits per heavy atom. The number of aromatic hydroxyl groups is 1. The summed E-state index contributed by atoms with van der Waals surface area (Å²) < 4.78 is 13.7. The molecule has 1 aromatic rings. The van der Waals surface area contributed by atoms with Gasteiger partial charge in [-0.05, 0) is 43.5 Å². The summed E-state index contributed by atoms with van der Waals surface area (Å²) in [6.07, 6.45) is 0.186. The van der Waals surface area contributed by atoms with Crippen molar-refractivity contribution in [3.63, 3.8) is 0 Å². The number of carboxylic acid groups (broad SMARTS) is 1. The molecule has 94 valence electrons. The molecule has 0 saturated heterocycles. The number of hydrogen-bond donors (Lipinski definition) is 2. The summed E-state index contributed by atoms with van der Waals surface area (Å²) in [6, 6.07) is 4.43. The maximum absolute atomic E-state index is 13.7. The molecule has 0 radical (unpaired) electrons. The molecule has 2 N–H and O–H groups in total. The van der Waals surface area contributed by atoms with Gasteiger partial charge < -0.3 is 10.2 Å². The minimum atomic E-state index is -1.51. The molecule has 0 spiro atoms. The molecular formula is C13H17FO3. The van der Waals surface area contributed by atoms with Crippen LogP contribution in [0.5, 0.6) is 5.75 Å². The third kappa shape index (κ3) is 3.44. The second-order valence-corrected chi connectivity index (χ2v) is 4.76. The van der Waals surface area contributed by atoms with Crippen LogP contribution in [0.4, 0.5) is 4.39 Å². The number of rotatable bonds is 4. The molecule has 0 amide bonds. The summed E-state index contributed by atoms with van der Waals surface area (Å²) >= 11 is 0. The number of aliphatic carboxylic acids is 1. The quantitative estimate of drug-likeness (QED) is 0.850. The summed E-state index contributed by atoms with van der Waals surface area (Å²) in [6.45, 7) is 4.39. The number of halogens is 1. The predicted molar refractivity (Wildman–Crippen MR) is 62.7 cm³/mol. The Morgan fingerprint density at radius 3 is 2.53 bits per heavy atom. The summed E-state index contributed by atoms with van der Waals surface area (Å²) in [5.74, 6) is -1.54. The number of alkyl halides is 1. The number of phenols is 1. The van der Waals surface area contributed by atoms with Gasteiger partial charge in [-0.2, -0.15) is 0 Å². The first-order chi connectivity index (χ1) is 7.71. The summed E-state index contributed by atoms with van der Waals surface area (Å²) in [7, 11) is 0. The monoisotopic (exact) mass is 240 g/mol. The van der Waals surface area contributed by atoms with Crippen LogP contribution < -0.4 is 0 Å². The fourth-order valence-electron chi connectivity index (χ4n) is 1.54. The lowest BCUT2D eigenvalue weighted by atomic mass is 9.93. The Morgan fingerprint density at radius 1 is 1.47 bits per heavy atom. The van der Waals surface area contributed by atoms with Crippen LogP contribution in [0.1, 0.15) is 31.9 Å². The van der Waals surface area contributed by atoms with Crippen molar-refractivity contribution in [2.45, 2.75) is 32.9 Å². The molecule has 1 unspecified atom stereocenters. The van der Waals surface area contributed by atoms with Gasteiger partial charge in [-0.15, -0.1) is 0 Å². The lowest BCUT2D eigenvalue weighted by molar-refractivity contribution is -0.141. The molecule has 0 aliphatic rings. The fourth-order valence-corrected chi connectivity index (χ4v) is 1.54. The zero-order valence-electron chi connectivity index (χ0n) is 10.2. The Balaban J connectivity index is 3.03. The Kier molecular flexibility index (Phi) is 3.76. The van der Waals surface area contributed by atoms with E-state index in [1.54, 1.807) is 6.92 Å². The molecule has 0 saturated carbocycles. The predicted octanol–water partition coefficient (Wildman–Crippen LogP) is 2.86. The van der Waals surface area contributed by atoms with Gasteiger partial charge in [-0.25, -0.2) is 4.39 Å². The minimum absolute atomic E-state index is 0.00565. The topological polar surface area (TPSA) is 57.5 Å². The Labute approximate surface area is 99.9 Å². The fraction of sp³-hybridized carbons (Fsp3) is 0.462. The molecule has 0 bridgehead atoms. The van der Waals surface area contributed by atoms with Gasteiger partial charge >= 0.3 is 5.97 Å². The highest BCUT2D eigenvalue weighted by atomic mass is 19.1. The lowest BCUT2D eigenvalue weighted by Crippen LogP contribution is -2.14. The third-order valence-corrected chi connectivity index (χ3v) is 2.71. The van der Waals surface area contributed by atoms with Crippen LogP contribution in [0.3, 0.4) is 0 Å². The van der Waals surface area contributed by atoms with Crippen LogP contribution in [0.2, 0.25) is 0 Å². The van der Waals surface area contributed by atoms with Crippen molar-refractivity contribution >= 4 is 5.97 Å². The molecule has 1 aromatic carbocycles. The Bertz CT molecular complexity index is 421. The second-order valence-electron chi connectivity index (χ2n) is 4.76. The van der Waals surface area contributed by atoms with E-state index in [0.717, 1.165) is 0 Å². The zero-order chi connectivity index (χ0) is 13.2. The van der Waals surface area contributed by atoms with Crippen LogP contribution >= 0.6 is 0 Å². The molecule has 1 atom stereocenters. The van der Waals surface area contributed by atoms with Crippen LogP contribution in [-0.2, 0) is 16.9 Å². The van der Waals surface area contributed by atoms with E-state index in [1.807, 2.05) is 0 Å². The van der Waals surface area contributed by atoms with Crippen molar-refractivity contribution in [2.75, 3.05) is 0 Å². The van der Waals surface area contributed by atoms with Crippen molar-refractivity contribution < 1.29 is 19.4 Å². The highest BCUT2D eigenvalue weighted by Crippen LogP contribution is 2.30. The van der Waals surface area contributed by atoms with Crippen molar-refractivity contribution in [1.29, 1.82) is 0 Å². The molecule has 0 fully saturated rings. The van der Waals surface area contributed by atoms with E-state index in [4.69, 9.17) is 5.11 Å². The van der Waals surface area contributed by atoms with E-state index in [9.17, 15) is 14.3 Å². The number of carbonyl (C=O) groups is 1. The summed E-state index contributed by atoms with van der Waals surface area (Å²) in [5.41, 5.74) is -0.611. The maximum Gasteiger partial charge on any atom is 0.306 e. The molecular weight excluding hydrogens is 223 g/mol. The lowest BCUT2D eigenvalue weighted by Gasteiger charge is -2.17. The van der Waals surface area contributed by atoms with Crippen LogP contribution in [0.15, 0.2) is 18.2 Å². The molecule has 1 rings (SSSR count). The highest BCUT2D eigenvalue weighted by molar-refractivity contribution is 5.70. The summed E-state index contributed by atoms with van der Waals surface area (Å²) in [5, 5.41) is 18.4. The Hall–Kier alpha value is -1.58. The normalized spacial score (nSPS) is 13.4. The molecule has 0 aromatic heterocycles. The van der Waals surface area contributed by atoms with Crippen molar-refractivity contribution in [1.82, 2.24) is 0 Å². The van der Waals surface area contributed by atoms with Crippen molar-refractivity contribution in [3.8, 4) is 5.75 Å². The van der Waals surface area contributed by atoms with E-state index >= 15 is 0 Å². The zero-order valence-corrected chi connectivity index (χ0v) is 10.2. The average Bonchev–Trinajstić information content (AvgIpc) is 2.19. The molecule has 17 heavy (non-hydrogen) atoms. The summed E-state index contributed by atoms with van der Waals surface area (Å²) in [4.78, 5) is 10.7. The van der Waals surface area contributed by atoms with E-state index in [2.05, 4.69) is 0 Å². The van der Waals surface area contributed by atoms with E-state index in [1.165, 1.54) is 32.0 Å². The number of benzene rings is 1. The SMILES string of the molecule is CC(Cc1cc(C(C)(C)F)ccc1O)C(=O)O. The number of carboxylic acids is 1.